The molecule has 0 aromatic heterocycles. The molecule has 1 N–H and O–H groups in total. The molecule has 0 radical (unpaired) electrons. The number of carboxylic acids is 1. The van der Waals surface area contributed by atoms with Crippen molar-refractivity contribution in [3.8, 4) is 0 Å². The number of carbonyl (C=O) groups is 2. The van der Waals surface area contributed by atoms with Crippen molar-refractivity contribution in [1.29, 1.82) is 0 Å². The Morgan fingerprint density at radius 3 is 2.24 bits per heavy atom. The predicted molar refractivity (Wildman–Crippen MR) is 98.7 cm³/mol. The fraction of sp³-hybridized carbons (Fsp3) is 0.600. The highest BCUT2D eigenvalue weighted by atomic mass is 16.4. The number of hydrogen-bond acceptors (Lipinski definition) is 3. The summed E-state index contributed by atoms with van der Waals surface area (Å²) < 4.78 is 0. The number of carboxylic acid groups (broad SMARTS) is 1. The molecule has 0 saturated carbocycles. The van der Waals surface area contributed by atoms with E-state index in [0.717, 1.165) is 24.9 Å². The number of hydrogen-bond donors (Lipinski definition) is 1. The number of carbonyl (C=O) groups excluding carboxylic acids is 1. The molecule has 1 saturated heterocycles. The number of piperidine rings is 1. The zero-order valence-corrected chi connectivity index (χ0v) is 15.8. The molecule has 1 aromatic rings. The quantitative estimate of drug-likeness (QED) is 0.860. The first-order valence-corrected chi connectivity index (χ1v) is 9.08. The molecule has 5 heteroatoms. The topological polar surface area (TPSA) is 60.9 Å². The van der Waals surface area contributed by atoms with E-state index in [0.29, 0.717) is 13.1 Å². The molecule has 1 fully saturated rings. The minimum absolute atomic E-state index is 0.0734. The van der Waals surface area contributed by atoms with Crippen LogP contribution in [0.4, 0.5) is 0 Å². The van der Waals surface area contributed by atoms with Crippen molar-refractivity contribution in [2.75, 3.05) is 26.2 Å². The van der Waals surface area contributed by atoms with Crippen LogP contribution in [0.25, 0.3) is 0 Å². The highest BCUT2D eigenvalue weighted by molar-refractivity contribution is 5.87. The molecule has 1 aliphatic heterocycles. The van der Waals surface area contributed by atoms with Gasteiger partial charge in [0.25, 0.3) is 0 Å². The van der Waals surface area contributed by atoms with Crippen LogP contribution in [0.3, 0.4) is 0 Å². The van der Waals surface area contributed by atoms with Gasteiger partial charge < -0.3 is 10.0 Å². The van der Waals surface area contributed by atoms with Crippen LogP contribution in [0, 0.1) is 6.92 Å². The summed E-state index contributed by atoms with van der Waals surface area (Å²) in [5.74, 6) is -0.642. The van der Waals surface area contributed by atoms with E-state index in [1.54, 1.807) is 0 Å². The second kappa shape index (κ2) is 8.00. The van der Waals surface area contributed by atoms with Crippen LogP contribution >= 0.6 is 0 Å². The lowest BCUT2D eigenvalue weighted by molar-refractivity contribution is -0.141. The Bertz CT molecular complexity index is 602. The van der Waals surface area contributed by atoms with E-state index in [1.807, 2.05) is 61.8 Å². The van der Waals surface area contributed by atoms with E-state index < -0.39 is 11.4 Å². The van der Waals surface area contributed by atoms with Crippen LogP contribution in [-0.2, 0) is 15.0 Å². The summed E-state index contributed by atoms with van der Waals surface area (Å²) in [6, 6.07) is 8.40. The van der Waals surface area contributed by atoms with Gasteiger partial charge in [0.2, 0.25) is 5.91 Å². The Hall–Kier alpha value is -1.88. The highest BCUT2D eigenvalue weighted by Gasteiger charge is 2.36. The average molecular weight is 346 g/mol. The third-order valence-electron chi connectivity index (χ3n) is 5.32. The van der Waals surface area contributed by atoms with E-state index in [2.05, 4.69) is 0 Å². The summed E-state index contributed by atoms with van der Waals surface area (Å²) in [6.07, 6.45) is 1.66. The summed E-state index contributed by atoms with van der Waals surface area (Å²) in [7, 11) is 0. The van der Waals surface area contributed by atoms with Gasteiger partial charge in [0.15, 0.2) is 0 Å². The number of nitrogens with zero attached hydrogens (tertiary/aromatic N) is 2. The summed E-state index contributed by atoms with van der Waals surface area (Å²) in [4.78, 5) is 28.0. The maximum absolute atomic E-state index is 13.0. The fourth-order valence-corrected chi connectivity index (χ4v) is 3.60. The van der Waals surface area contributed by atoms with Crippen LogP contribution in [0.2, 0.25) is 0 Å². The molecule has 138 valence electrons. The van der Waals surface area contributed by atoms with Gasteiger partial charge in [-0.2, -0.15) is 0 Å². The highest BCUT2D eigenvalue weighted by Crippen LogP contribution is 2.28. The minimum Gasteiger partial charge on any atom is -0.480 e. The van der Waals surface area contributed by atoms with Crippen LogP contribution in [0.5, 0.6) is 0 Å². The first-order valence-electron chi connectivity index (χ1n) is 9.08. The van der Waals surface area contributed by atoms with Crippen molar-refractivity contribution in [3.63, 3.8) is 0 Å². The molecule has 0 atom stereocenters. The molecular formula is C20H30N2O3. The Labute approximate surface area is 150 Å². The molecule has 0 unspecified atom stereocenters. The molecule has 2 rings (SSSR count). The van der Waals surface area contributed by atoms with Crippen LogP contribution in [-0.4, -0.2) is 59.0 Å². The van der Waals surface area contributed by atoms with Gasteiger partial charge in [-0.15, -0.1) is 0 Å². The van der Waals surface area contributed by atoms with Crippen LogP contribution < -0.4 is 0 Å². The Morgan fingerprint density at radius 2 is 1.76 bits per heavy atom. The van der Waals surface area contributed by atoms with Gasteiger partial charge in [0.05, 0.1) is 12.0 Å². The lowest BCUT2D eigenvalue weighted by Gasteiger charge is -2.40. The number of likely N-dealkylation sites (tertiary alicyclic amines) is 1. The average Bonchev–Trinajstić information content (AvgIpc) is 2.59. The molecule has 5 nitrogen and oxygen atoms in total. The molecule has 1 aromatic carbocycles. The second-order valence-corrected chi connectivity index (χ2v) is 7.47. The van der Waals surface area contributed by atoms with Crippen LogP contribution in [0.1, 0.15) is 44.7 Å². The lowest BCUT2D eigenvalue weighted by Crippen LogP contribution is -2.51. The van der Waals surface area contributed by atoms with Crippen molar-refractivity contribution in [1.82, 2.24) is 9.80 Å². The standard InChI is InChI=1S/C20H30N2O3/c1-5-21(14-18(23)24)17-10-12-22(13-11-17)19(25)20(3,4)16-8-6-15(2)7-9-16/h6-9,17H,5,10-14H2,1-4H3,(H,23,24). The molecule has 1 heterocycles. The fourth-order valence-electron chi connectivity index (χ4n) is 3.60. The zero-order valence-electron chi connectivity index (χ0n) is 15.8. The Balaban J connectivity index is 2.00. The van der Waals surface area contributed by atoms with Gasteiger partial charge in [-0.3, -0.25) is 14.5 Å². The third kappa shape index (κ3) is 4.60. The van der Waals surface area contributed by atoms with Gasteiger partial charge in [-0.05, 0) is 45.7 Å². The van der Waals surface area contributed by atoms with Crippen molar-refractivity contribution in [2.45, 2.75) is 52.0 Å². The smallest absolute Gasteiger partial charge is 0.317 e. The predicted octanol–water partition coefficient (Wildman–Crippen LogP) is 2.67. The van der Waals surface area contributed by atoms with Gasteiger partial charge in [0.1, 0.15) is 0 Å². The van der Waals surface area contributed by atoms with Crippen molar-refractivity contribution in [3.05, 3.63) is 35.4 Å². The monoisotopic (exact) mass is 346 g/mol. The maximum Gasteiger partial charge on any atom is 0.317 e. The second-order valence-electron chi connectivity index (χ2n) is 7.47. The number of aliphatic carboxylic acids is 1. The molecule has 0 aliphatic carbocycles. The van der Waals surface area contributed by atoms with E-state index in [-0.39, 0.29) is 18.5 Å². The number of aryl methyl sites for hydroxylation is 1. The Morgan fingerprint density at radius 1 is 1.20 bits per heavy atom. The number of amides is 1. The summed E-state index contributed by atoms with van der Waals surface area (Å²) in [5.41, 5.74) is 1.67. The number of rotatable bonds is 6. The first kappa shape index (κ1) is 19.4. The SMILES string of the molecule is CCN(CC(=O)O)C1CCN(C(=O)C(C)(C)c2ccc(C)cc2)CC1. The summed E-state index contributed by atoms with van der Waals surface area (Å²) >= 11 is 0. The van der Waals surface area contributed by atoms with Crippen molar-refractivity contribution in [2.24, 2.45) is 0 Å². The third-order valence-corrected chi connectivity index (χ3v) is 5.32. The summed E-state index contributed by atoms with van der Waals surface area (Å²) in [6.45, 7) is 10.2. The molecule has 0 bridgehead atoms. The summed E-state index contributed by atoms with van der Waals surface area (Å²) in [5, 5.41) is 9.03. The van der Waals surface area contributed by atoms with E-state index in [9.17, 15) is 9.59 Å². The normalized spacial score (nSPS) is 16.3. The number of benzene rings is 1. The molecule has 25 heavy (non-hydrogen) atoms. The zero-order chi connectivity index (χ0) is 18.6. The van der Waals surface area contributed by atoms with Gasteiger partial charge >= 0.3 is 5.97 Å². The largest absolute Gasteiger partial charge is 0.480 e. The molecule has 0 spiro atoms. The van der Waals surface area contributed by atoms with Gasteiger partial charge in [-0.1, -0.05) is 36.8 Å². The number of likely N-dealkylation sites (N-methyl/N-ethyl adjacent to an activating group) is 1. The molecule has 1 aliphatic rings. The minimum atomic E-state index is -0.791. The molecule has 1 amide bonds. The van der Waals surface area contributed by atoms with E-state index >= 15 is 0 Å². The Kier molecular flexibility index (Phi) is 6.22. The molecular weight excluding hydrogens is 316 g/mol. The van der Waals surface area contributed by atoms with Gasteiger partial charge in [-0.25, -0.2) is 0 Å². The van der Waals surface area contributed by atoms with E-state index in [1.165, 1.54) is 5.56 Å². The van der Waals surface area contributed by atoms with Gasteiger partial charge in [0, 0.05) is 19.1 Å². The first-order chi connectivity index (χ1) is 11.8. The van der Waals surface area contributed by atoms with Crippen LogP contribution in [0.15, 0.2) is 24.3 Å². The lowest BCUT2D eigenvalue weighted by atomic mass is 9.82. The van der Waals surface area contributed by atoms with Crippen molar-refractivity contribution < 1.29 is 14.7 Å². The van der Waals surface area contributed by atoms with E-state index in [4.69, 9.17) is 5.11 Å². The van der Waals surface area contributed by atoms with Crippen molar-refractivity contribution >= 4 is 11.9 Å². The maximum atomic E-state index is 13.0.